The normalized spacial score (nSPS) is 14.4. The Hall–Kier alpha value is -1.02. The van der Waals surface area contributed by atoms with E-state index in [1.807, 2.05) is 18.2 Å². The summed E-state index contributed by atoms with van der Waals surface area (Å²) in [6, 6.07) is 8.10. The smallest absolute Gasteiger partial charge is 0.168 e. The van der Waals surface area contributed by atoms with Crippen molar-refractivity contribution < 1.29 is 9.78 Å². The number of hydrogen-bond donors (Lipinski definition) is 0. The molecule has 0 aliphatic carbocycles. The average Bonchev–Trinajstić information content (AvgIpc) is 2.43. The average molecular weight is 264 g/mol. The molecule has 1 unspecified atom stereocenters. The third kappa shape index (κ3) is 4.87. The molecular formula is C17H28O2. The summed E-state index contributed by atoms with van der Waals surface area (Å²) in [6.45, 7) is 10.8. The molecule has 0 aliphatic rings. The van der Waals surface area contributed by atoms with Crippen molar-refractivity contribution in [2.24, 2.45) is 0 Å². The lowest BCUT2D eigenvalue weighted by atomic mass is 9.96. The van der Waals surface area contributed by atoms with Gasteiger partial charge in [-0.1, -0.05) is 58.7 Å². The molecule has 1 aromatic rings. The molecule has 1 atom stereocenters. The van der Waals surface area contributed by atoms with Crippen molar-refractivity contribution in [1.82, 2.24) is 0 Å². The van der Waals surface area contributed by atoms with Gasteiger partial charge in [-0.05, 0) is 31.7 Å². The first-order valence-corrected chi connectivity index (χ1v) is 7.47. The van der Waals surface area contributed by atoms with Crippen LogP contribution >= 0.6 is 0 Å². The first-order valence-electron chi connectivity index (χ1n) is 7.47. The van der Waals surface area contributed by atoms with Crippen LogP contribution in [0.25, 0.3) is 0 Å². The molecule has 0 saturated heterocycles. The van der Waals surface area contributed by atoms with E-state index in [0.29, 0.717) is 5.92 Å². The fraction of sp³-hybridized carbons (Fsp3) is 0.647. The zero-order valence-corrected chi connectivity index (χ0v) is 13.0. The maximum absolute atomic E-state index is 5.76. The van der Waals surface area contributed by atoms with E-state index in [2.05, 4.69) is 40.7 Å². The zero-order chi connectivity index (χ0) is 14.3. The third-order valence-corrected chi connectivity index (χ3v) is 3.68. The lowest BCUT2D eigenvalue weighted by Crippen LogP contribution is -2.29. The highest BCUT2D eigenvalue weighted by molar-refractivity contribution is 5.35. The first kappa shape index (κ1) is 16.0. The maximum atomic E-state index is 5.76. The van der Waals surface area contributed by atoms with E-state index in [9.17, 15) is 0 Å². The Morgan fingerprint density at radius 3 is 2.42 bits per heavy atom. The molecule has 0 bridgehead atoms. The Morgan fingerprint density at radius 1 is 1.16 bits per heavy atom. The van der Waals surface area contributed by atoms with E-state index in [1.165, 1.54) is 18.4 Å². The Morgan fingerprint density at radius 2 is 1.84 bits per heavy atom. The fourth-order valence-corrected chi connectivity index (χ4v) is 2.01. The highest BCUT2D eigenvalue weighted by Crippen LogP contribution is 2.29. The van der Waals surface area contributed by atoms with E-state index >= 15 is 0 Å². The second kappa shape index (κ2) is 7.54. The fourth-order valence-electron chi connectivity index (χ4n) is 2.01. The molecule has 108 valence electrons. The quantitative estimate of drug-likeness (QED) is 0.457. The van der Waals surface area contributed by atoms with Gasteiger partial charge in [0.25, 0.3) is 0 Å². The van der Waals surface area contributed by atoms with Crippen LogP contribution in [0, 0.1) is 0 Å². The summed E-state index contributed by atoms with van der Waals surface area (Å²) in [6.07, 6.45) is 4.34. The van der Waals surface area contributed by atoms with Crippen LogP contribution < -0.4 is 4.89 Å². The van der Waals surface area contributed by atoms with Gasteiger partial charge in [0.2, 0.25) is 0 Å². The van der Waals surface area contributed by atoms with Crippen LogP contribution in [-0.2, 0) is 4.89 Å². The van der Waals surface area contributed by atoms with Gasteiger partial charge >= 0.3 is 0 Å². The van der Waals surface area contributed by atoms with Gasteiger partial charge in [-0.25, -0.2) is 0 Å². The van der Waals surface area contributed by atoms with E-state index < -0.39 is 0 Å². The number of rotatable bonds is 8. The van der Waals surface area contributed by atoms with E-state index in [1.54, 1.807) is 0 Å². The summed E-state index contributed by atoms with van der Waals surface area (Å²) < 4.78 is 0. The van der Waals surface area contributed by atoms with Gasteiger partial charge in [0.1, 0.15) is 5.60 Å². The minimum atomic E-state index is -0.194. The summed E-state index contributed by atoms with van der Waals surface area (Å²) in [5.41, 5.74) is 0.997. The molecule has 0 amide bonds. The predicted octanol–water partition coefficient (Wildman–Crippen LogP) is 5.48. The van der Waals surface area contributed by atoms with Crippen molar-refractivity contribution in [2.45, 2.75) is 71.8 Å². The van der Waals surface area contributed by atoms with Gasteiger partial charge in [0.15, 0.2) is 5.75 Å². The molecule has 1 rings (SSSR count). The predicted molar refractivity (Wildman–Crippen MR) is 80.5 cm³/mol. The maximum Gasteiger partial charge on any atom is 0.168 e. The highest BCUT2D eigenvalue weighted by Gasteiger charge is 2.25. The summed E-state index contributed by atoms with van der Waals surface area (Å²) in [5, 5.41) is 0. The van der Waals surface area contributed by atoms with Crippen molar-refractivity contribution in [3.05, 3.63) is 29.8 Å². The standard InChI is InChI=1S/C17H28O2/c1-6-8-13-17(5,7-2)19-18-16-12-10-9-11-15(16)14(3)4/h9-12,14H,6-8,13H2,1-5H3. The Balaban J connectivity index is 2.69. The lowest BCUT2D eigenvalue weighted by molar-refractivity contribution is -0.290. The minimum absolute atomic E-state index is 0.194. The van der Waals surface area contributed by atoms with Gasteiger partial charge < -0.3 is 4.89 Å². The van der Waals surface area contributed by atoms with Crippen molar-refractivity contribution in [2.75, 3.05) is 0 Å². The van der Waals surface area contributed by atoms with E-state index in [0.717, 1.165) is 18.6 Å². The molecule has 2 heteroatoms. The number of para-hydroxylation sites is 1. The topological polar surface area (TPSA) is 18.5 Å². The Bertz CT molecular complexity index is 373. The molecule has 0 N–H and O–H groups in total. The summed E-state index contributed by atoms with van der Waals surface area (Å²) in [5.74, 6) is 1.27. The molecular weight excluding hydrogens is 236 g/mol. The second-order valence-electron chi connectivity index (χ2n) is 5.77. The van der Waals surface area contributed by atoms with Gasteiger partial charge in [0.05, 0.1) is 0 Å². The van der Waals surface area contributed by atoms with Crippen LogP contribution in [-0.4, -0.2) is 5.60 Å². The molecule has 1 aromatic carbocycles. The van der Waals surface area contributed by atoms with Crippen LogP contribution in [0.3, 0.4) is 0 Å². The molecule has 19 heavy (non-hydrogen) atoms. The Kier molecular flexibility index (Phi) is 6.36. The lowest BCUT2D eigenvalue weighted by Gasteiger charge is -2.27. The SMILES string of the molecule is CCCCC(C)(CC)OOc1ccccc1C(C)C. The van der Waals surface area contributed by atoms with Gasteiger partial charge in [-0.15, -0.1) is 0 Å². The minimum Gasteiger partial charge on any atom is -0.337 e. The highest BCUT2D eigenvalue weighted by atomic mass is 17.2. The van der Waals surface area contributed by atoms with Crippen LogP contribution in [0.5, 0.6) is 5.75 Å². The van der Waals surface area contributed by atoms with Crippen molar-refractivity contribution in [3.8, 4) is 5.75 Å². The monoisotopic (exact) mass is 264 g/mol. The molecule has 0 aliphatic heterocycles. The molecule has 0 radical (unpaired) electrons. The van der Waals surface area contributed by atoms with Gasteiger partial charge in [-0.3, -0.25) is 0 Å². The zero-order valence-electron chi connectivity index (χ0n) is 13.0. The molecule has 0 spiro atoms. The molecule has 2 nitrogen and oxygen atoms in total. The largest absolute Gasteiger partial charge is 0.337 e. The van der Waals surface area contributed by atoms with E-state index in [-0.39, 0.29) is 5.60 Å². The summed E-state index contributed by atoms with van der Waals surface area (Å²) in [4.78, 5) is 11.4. The van der Waals surface area contributed by atoms with Crippen molar-refractivity contribution in [1.29, 1.82) is 0 Å². The molecule has 0 heterocycles. The second-order valence-corrected chi connectivity index (χ2v) is 5.77. The molecule has 0 saturated carbocycles. The number of hydrogen-bond acceptors (Lipinski definition) is 2. The number of benzene rings is 1. The van der Waals surface area contributed by atoms with Crippen LogP contribution in [0.1, 0.15) is 71.8 Å². The van der Waals surface area contributed by atoms with Crippen LogP contribution in [0.4, 0.5) is 0 Å². The third-order valence-electron chi connectivity index (χ3n) is 3.68. The summed E-state index contributed by atoms with van der Waals surface area (Å²) >= 11 is 0. The summed E-state index contributed by atoms with van der Waals surface area (Å²) in [7, 11) is 0. The molecule has 0 aromatic heterocycles. The van der Waals surface area contributed by atoms with E-state index in [4.69, 9.17) is 9.78 Å². The molecule has 0 fully saturated rings. The van der Waals surface area contributed by atoms with Crippen LogP contribution in [0.15, 0.2) is 24.3 Å². The van der Waals surface area contributed by atoms with Gasteiger partial charge in [0, 0.05) is 5.56 Å². The van der Waals surface area contributed by atoms with Crippen molar-refractivity contribution >= 4 is 0 Å². The first-order chi connectivity index (χ1) is 9.02. The van der Waals surface area contributed by atoms with Crippen LogP contribution in [0.2, 0.25) is 0 Å². The van der Waals surface area contributed by atoms with Gasteiger partial charge in [-0.2, -0.15) is 4.89 Å². The number of unbranched alkanes of at least 4 members (excludes halogenated alkanes) is 1. The van der Waals surface area contributed by atoms with Crippen molar-refractivity contribution in [3.63, 3.8) is 0 Å². The Labute approximate surface area is 118 Å².